The van der Waals surface area contributed by atoms with Crippen LogP contribution in [0.15, 0.2) is 41.4 Å². The van der Waals surface area contributed by atoms with E-state index in [1.807, 2.05) is 22.6 Å². The zero-order chi connectivity index (χ0) is 14.8. The molecule has 0 aliphatic carbocycles. The molecular weight excluding hydrogens is 413 g/mol. The summed E-state index contributed by atoms with van der Waals surface area (Å²) in [6, 6.07) is 8.02. The van der Waals surface area contributed by atoms with E-state index in [0.717, 1.165) is 3.57 Å². The summed E-state index contributed by atoms with van der Waals surface area (Å²) in [7, 11) is -1.95. The molecule has 1 aromatic heterocycles. The highest BCUT2D eigenvalue weighted by Gasteiger charge is 2.16. The maximum Gasteiger partial charge on any atom is 0.263 e. The van der Waals surface area contributed by atoms with Gasteiger partial charge >= 0.3 is 0 Å². The van der Waals surface area contributed by atoms with Crippen LogP contribution in [0.3, 0.4) is 0 Å². The lowest BCUT2D eigenvalue weighted by atomic mass is 10.3. The summed E-state index contributed by atoms with van der Waals surface area (Å²) in [6.45, 7) is 0. The molecule has 0 unspecified atom stereocenters. The van der Waals surface area contributed by atoms with Crippen molar-refractivity contribution in [1.82, 2.24) is 4.98 Å². The van der Waals surface area contributed by atoms with E-state index in [4.69, 9.17) is 11.6 Å². The molecule has 0 radical (unpaired) electrons. The first-order valence-electron chi connectivity index (χ1n) is 5.54. The number of hydrogen-bond acceptors (Lipinski definition) is 4. The van der Waals surface area contributed by atoms with Crippen LogP contribution in [0.5, 0.6) is 0 Å². The maximum absolute atomic E-state index is 12.2. The van der Waals surface area contributed by atoms with Crippen molar-refractivity contribution in [3.63, 3.8) is 0 Å². The van der Waals surface area contributed by atoms with Gasteiger partial charge in [-0.3, -0.25) is 4.72 Å². The summed E-state index contributed by atoms with van der Waals surface area (Å²) >= 11 is 7.86. The van der Waals surface area contributed by atoms with Crippen molar-refractivity contribution >= 4 is 55.7 Å². The number of aromatic nitrogens is 1. The van der Waals surface area contributed by atoms with E-state index in [1.54, 1.807) is 31.3 Å². The number of nitrogens with zero attached hydrogens (tertiary/aromatic N) is 1. The van der Waals surface area contributed by atoms with Gasteiger partial charge in [0.25, 0.3) is 10.0 Å². The van der Waals surface area contributed by atoms with Crippen LogP contribution in [0, 0.1) is 3.57 Å². The molecule has 0 bridgehead atoms. The van der Waals surface area contributed by atoms with Gasteiger partial charge < -0.3 is 5.32 Å². The van der Waals surface area contributed by atoms with Gasteiger partial charge in [0, 0.05) is 21.8 Å². The minimum Gasteiger partial charge on any atom is -0.373 e. The van der Waals surface area contributed by atoms with Gasteiger partial charge in [-0.1, -0.05) is 11.6 Å². The van der Waals surface area contributed by atoms with Crippen molar-refractivity contribution in [2.75, 3.05) is 17.1 Å². The van der Waals surface area contributed by atoms with E-state index >= 15 is 0 Å². The number of halogens is 2. The number of sulfonamides is 1. The van der Waals surface area contributed by atoms with Gasteiger partial charge in [0.2, 0.25) is 0 Å². The van der Waals surface area contributed by atoms with Gasteiger partial charge in [0.1, 0.15) is 10.7 Å². The van der Waals surface area contributed by atoms with Crippen molar-refractivity contribution in [2.24, 2.45) is 0 Å². The highest BCUT2D eigenvalue weighted by Crippen LogP contribution is 2.24. The third-order valence-corrected chi connectivity index (χ3v) is 4.96. The van der Waals surface area contributed by atoms with Crippen LogP contribution in [0.4, 0.5) is 11.5 Å². The van der Waals surface area contributed by atoms with Gasteiger partial charge in [0.15, 0.2) is 0 Å². The molecule has 2 rings (SSSR count). The Morgan fingerprint density at radius 2 is 2.00 bits per heavy atom. The number of nitrogens with one attached hydrogen (secondary N) is 2. The highest BCUT2D eigenvalue weighted by molar-refractivity contribution is 14.1. The lowest BCUT2D eigenvalue weighted by Crippen LogP contribution is -2.14. The molecule has 0 aliphatic heterocycles. The summed E-state index contributed by atoms with van der Waals surface area (Å²) in [5.41, 5.74) is 0.479. The van der Waals surface area contributed by atoms with E-state index in [0.29, 0.717) is 16.5 Å². The van der Waals surface area contributed by atoms with Crippen LogP contribution in [0.25, 0.3) is 0 Å². The van der Waals surface area contributed by atoms with Crippen LogP contribution in [-0.2, 0) is 10.0 Å². The summed E-state index contributed by atoms with van der Waals surface area (Å²) in [6.07, 6.45) is 1.30. The zero-order valence-electron chi connectivity index (χ0n) is 10.4. The fourth-order valence-electron chi connectivity index (χ4n) is 1.46. The van der Waals surface area contributed by atoms with Crippen molar-refractivity contribution in [1.29, 1.82) is 0 Å². The molecule has 0 aliphatic rings. The topological polar surface area (TPSA) is 71.1 Å². The first kappa shape index (κ1) is 15.3. The molecule has 2 aromatic rings. The van der Waals surface area contributed by atoms with Crippen LogP contribution in [0.2, 0.25) is 5.02 Å². The van der Waals surface area contributed by atoms with E-state index in [-0.39, 0.29) is 4.90 Å². The molecule has 1 aromatic carbocycles. The molecule has 106 valence electrons. The second-order valence-corrected chi connectivity index (χ2v) is 7.14. The Labute approximate surface area is 135 Å². The monoisotopic (exact) mass is 423 g/mol. The van der Waals surface area contributed by atoms with Gasteiger partial charge in [0.05, 0.1) is 5.69 Å². The van der Waals surface area contributed by atoms with Gasteiger partial charge in [-0.05, 0) is 52.9 Å². The molecular formula is C12H11ClIN3O2S. The van der Waals surface area contributed by atoms with E-state index in [2.05, 4.69) is 15.0 Å². The van der Waals surface area contributed by atoms with Crippen molar-refractivity contribution in [3.05, 3.63) is 45.1 Å². The lowest BCUT2D eigenvalue weighted by molar-refractivity contribution is 0.601. The van der Waals surface area contributed by atoms with Crippen LogP contribution >= 0.6 is 34.2 Å². The molecule has 2 N–H and O–H groups in total. The average Bonchev–Trinajstić information content (AvgIpc) is 2.42. The fraction of sp³-hybridized carbons (Fsp3) is 0.0833. The van der Waals surface area contributed by atoms with Crippen molar-refractivity contribution in [2.45, 2.75) is 4.90 Å². The molecule has 0 spiro atoms. The first-order valence-corrected chi connectivity index (χ1v) is 8.48. The standard InChI is InChI=1S/C12H11ClIN3O2S/c1-15-12-5-3-9(7-16-12)20(18,19)17-11-4-2-8(13)6-10(11)14/h2-7,17H,1H3,(H,15,16). The quantitative estimate of drug-likeness (QED) is 0.741. The molecule has 0 atom stereocenters. The minimum absolute atomic E-state index is 0.0993. The Morgan fingerprint density at radius 1 is 1.25 bits per heavy atom. The number of rotatable bonds is 4. The smallest absolute Gasteiger partial charge is 0.263 e. The van der Waals surface area contributed by atoms with E-state index in [1.165, 1.54) is 12.3 Å². The Balaban J connectivity index is 2.30. The number of benzene rings is 1. The minimum atomic E-state index is -3.66. The van der Waals surface area contributed by atoms with Crippen LogP contribution in [-0.4, -0.2) is 20.4 Å². The van der Waals surface area contributed by atoms with Crippen LogP contribution < -0.4 is 10.0 Å². The number of anilines is 2. The Hall–Kier alpha value is -1.06. The SMILES string of the molecule is CNc1ccc(S(=O)(=O)Nc2ccc(Cl)cc2I)cn1. The summed E-state index contributed by atoms with van der Waals surface area (Å²) in [5, 5.41) is 3.38. The van der Waals surface area contributed by atoms with Crippen molar-refractivity contribution < 1.29 is 8.42 Å². The normalized spacial score (nSPS) is 11.2. The molecule has 0 saturated heterocycles. The summed E-state index contributed by atoms with van der Waals surface area (Å²) in [4.78, 5) is 4.09. The lowest BCUT2D eigenvalue weighted by Gasteiger charge is -2.10. The predicted octanol–water partition coefficient (Wildman–Crippen LogP) is 3.18. The first-order chi connectivity index (χ1) is 9.42. The Morgan fingerprint density at radius 3 is 2.55 bits per heavy atom. The maximum atomic E-state index is 12.2. The number of hydrogen-bond donors (Lipinski definition) is 2. The molecule has 20 heavy (non-hydrogen) atoms. The van der Waals surface area contributed by atoms with E-state index in [9.17, 15) is 8.42 Å². The summed E-state index contributed by atoms with van der Waals surface area (Å²) in [5.74, 6) is 0.602. The average molecular weight is 424 g/mol. The Bertz CT molecular complexity index is 720. The van der Waals surface area contributed by atoms with Gasteiger partial charge in [-0.25, -0.2) is 13.4 Å². The third kappa shape index (κ3) is 3.53. The van der Waals surface area contributed by atoms with Crippen LogP contribution in [0.1, 0.15) is 0 Å². The largest absolute Gasteiger partial charge is 0.373 e. The third-order valence-electron chi connectivity index (χ3n) is 2.48. The molecule has 1 heterocycles. The fourth-order valence-corrected chi connectivity index (χ4v) is 3.68. The molecule has 8 heteroatoms. The van der Waals surface area contributed by atoms with Gasteiger partial charge in [-0.15, -0.1) is 0 Å². The molecule has 0 fully saturated rings. The second-order valence-electron chi connectivity index (χ2n) is 3.86. The highest BCUT2D eigenvalue weighted by atomic mass is 127. The number of pyridine rings is 1. The Kier molecular flexibility index (Phi) is 4.71. The predicted molar refractivity (Wildman–Crippen MR) is 88.8 cm³/mol. The molecule has 0 amide bonds. The summed E-state index contributed by atoms with van der Waals surface area (Å²) < 4.78 is 27.7. The second kappa shape index (κ2) is 6.15. The zero-order valence-corrected chi connectivity index (χ0v) is 14.1. The molecule has 0 saturated carbocycles. The molecule has 5 nitrogen and oxygen atoms in total. The van der Waals surface area contributed by atoms with E-state index < -0.39 is 10.0 Å². The van der Waals surface area contributed by atoms with Gasteiger partial charge in [-0.2, -0.15) is 0 Å². The van der Waals surface area contributed by atoms with Crippen molar-refractivity contribution in [3.8, 4) is 0 Å².